The van der Waals surface area contributed by atoms with E-state index in [1.54, 1.807) is 30.5 Å². The van der Waals surface area contributed by atoms with Gasteiger partial charge in [-0.15, -0.1) is 0 Å². The zero-order chi connectivity index (χ0) is 14.8. The molecule has 0 aliphatic carbocycles. The van der Waals surface area contributed by atoms with Crippen molar-refractivity contribution in [2.75, 3.05) is 5.32 Å². The van der Waals surface area contributed by atoms with E-state index >= 15 is 0 Å². The molecule has 0 bridgehead atoms. The third-order valence-electron chi connectivity index (χ3n) is 3.31. The minimum atomic E-state index is -0.270. The number of nitrogens with zero attached hydrogens (tertiary/aromatic N) is 2. The van der Waals surface area contributed by atoms with Gasteiger partial charge in [0.2, 0.25) is 0 Å². The maximum atomic E-state index is 12.9. The highest BCUT2D eigenvalue weighted by Crippen LogP contribution is 2.17. The number of hydrogen-bond donors (Lipinski definition) is 1. The van der Waals surface area contributed by atoms with Gasteiger partial charge in [0, 0.05) is 18.3 Å². The molecule has 0 unspecified atom stereocenters. The first-order valence-corrected chi connectivity index (χ1v) is 6.64. The number of pyridine rings is 1. The second-order valence-corrected chi connectivity index (χ2v) is 4.83. The second-order valence-electron chi connectivity index (χ2n) is 4.83. The van der Waals surface area contributed by atoms with Crippen LogP contribution in [0.2, 0.25) is 0 Å². The molecule has 0 amide bonds. The Morgan fingerprint density at radius 1 is 1.19 bits per heavy atom. The fourth-order valence-corrected chi connectivity index (χ4v) is 2.18. The molecule has 0 saturated carbocycles. The monoisotopic (exact) mass is 283 g/mol. The molecule has 0 spiro atoms. The Kier molecular flexibility index (Phi) is 3.39. The van der Waals surface area contributed by atoms with Crippen LogP contribution in [0.15, 0.2) is 59.5 Å². The van der Waals surface area contributed by atoms with Crippen LogP contribution in [0.5, 0.6) is 0 Å². The average molecular weight is 283 g/mol. The summed E-state index contributed by atoms with van der Waals surface area (Å²) in [4.78, 5) is 16.4. The van der Waals surface area contributed by atoms with E-state index in [1.807, 2.05) is 13.0 Å². The molecule has 1 N–H and O–H groups in total. The van der Waals surface area contributed by atoms with Crippen LogP contribution < -0.4 is 10.9 Å². The van der Waals surface area contributed by atoms with Gasteiger partial charge >= 0.3 is 0 Å². The van der Waals surface area contributed by atoms with Gasteiger partial charge in [0.15, 0.2) is 0 Å². The van der Waals surface area contributed by atoms with Crippen LogP contribution in [0.25, 0.3) is 5.65 Å². The number of hydrogen-bond acceptors (Lipinski definition) is 3. The summed E-state index contributed by atoms with van der Waals surface area (Å²) in [5.74, 6) is 0.232. The largest absolute Gasteiger partial charge is 0.363 e. The van der Waals surface area contributed by atoms with E-state index < -0.39 is 0 Å². The standard InChI is InChI=1S/C16H14FN3O/c1-11(12-5-7-13(17)8-6-12)18-14-10-16(21)20-9-3-2-4-15(20)19-14/h2-11,18H,1H3/t11-/m1/s1. The van der Waals surface area contributed by atoms with Crippen LogP contribution in [0.3, 0.4) is 0 Å². The highest BCUT2D eigenvalue weighted by molar-refractivity contribution is 5.47. The number of nitrogens with one attached hydrogen (secondary N) is 1. The lowest BCUT2D eigenvalue weighted by Crippen LogP contribution is -2.17. The van der Waals surface area contributed by atoms with Gasteiger partial charge in [0.05, 0.1) is 0 Å². The fraction of sp³-hybridized carbons (Fsp3) is 0.125. The van der Waals surface area contributed by atoms with Crippen molar-refractivity contribution < 1.29 is 4.39 Å². The predicted molar refractivity (Wildman–Crippen MR) is 79.9 cm³/mol. The minimum absolute atomic E-state index is 0.0799. The maximum absolute atomic E-state index is 12.9. The molecular weight excluding hydrogens is 269 g/mol. The smallest absolute Gasteiger partial charge is 0.259 e. The molecule has 21 heavy (non-hydrogen) atoms. The Balaban J connectivity index is 1.91. The van der Waals surface area contributed by atoms with Crippen molar-refractivity contribution in [3.8, 4) is 0 Å². The minimum Gasteiger partial charge on any atom is -0.363 e. The van der Waals surface area contributed by atoms with Crippen molar-refractivity contribution in [3.63, 3.8) is 0 Å². The summed E-state index contributed by atoms with van der Waals surface area (Å²) >= 11 is 0. The zero-order valence-corrected chi connectivity index (χ0v) is 11.5. The average Bonchev–Trinajstić information content (AvgIpc) is 2.48. The molecule has 1 aromatic carbocycles. The Morgan fingerprint density at radius 3 is 2.71 bits per heavy atom. The third kappa shape index (κ3) is 2.76. The molecule has 0 fully saturated rings. The normalized spacial score (nSPS) is 12.3. The zero-order valence-electron chi connectivity index (χ0n) is 11.5. The first-order chi connectivity index (χ1) is 10.1. The van der Waals surface area contributed by atoms with Gasteiger partial charge < -0.3 is 5.32 Å². The van der Waals surface area contributed by atoms with Crippen LogP contribution >= 0.6 is 0 Å². The van der Waals surface area contributed by atoms with Gasteiger partial charge in [-0.3, -0.25) is 9.20 Å². The summed E-state index contributed by atoms with van der Waals surface area (Å²) in [6.45, 7) is 1.93. The van der Waals surface area contributed by atoms with E-state index in [0.717, 1.165) is 5.56 Å². The topological polar surface area (TPSA) is 46.4 Å². The quantitative estimate of drug-likeness (QED) is 0.803. The maximum Gasteiger partial charge on any atom is 0.259 e. The highest BCUT2D eigenvalue weighted by Gasteiger charge is 2.08. The van der Waals surface area contributed by atoms with Crippen LogP contribution in [0.4, 0.5) is 10.2 Å². The molecule has 2 aromatic heterocycles. The second kappa shape index (κ2) is 5.36. The summed E-state index contributed by atoms with van der Waals surface area (Å²) in [5, 5.41) is 3.16. The molecule has 3 rings (SSSR count). The molecule has 1 atom stereocenters. The Morgan fingerprint density at radius 2 is 1.95 bits per heavy atom. The number of halogens is 1. The lowest BCUT2D eigenvalue weighted by atomic mass is 10.1. The molecule has 4 nitrogen and oxygen atoms in total. The van der Waals surface area contributed by atoms with Crippen molar-refractivity contribution in [1.29, 1.82) is 0 Å². The van der Waals surface area contributed by atoms with Crippen molar-refractivity contribution >= 4 is 11.5 Å². The summed E-state index contributed by atoms with van der Waals surface area (Å²) < 4.78 is 14.4. The molecule has 0 radical (unpaired) electrons. The first kappa shape index (κ1) is 13.3. The van der Waals surface area contributed by atoms with E-state index in [-0.39, 0.29) is 17.4 Å². The van der Waals surface area contributed by atoms with Crippen LogP contribution in [-0.2, 0) is 0 Å². The van der Waals surface area contributed by atoms with Crippen molar-refractivity contribution in [3.05, 3.63) is 76.5 Å². The van der Waals surface area contributed by atoms with Gasteiger partial charge in [-0.2, -0.15) is 0 Å². The fourth-order valence-electron chi connectivity index (χ4n) is 2.18. The van der Waals surface area contributed by atoms with Crippen LogP contribution in [0, 0.1) is 5.82 Å². The van der Waals surface area contributed by atoms with Gasteiger partial charge in [0.1, 0.15) is 17.3 Å². The number of aromatic nitrogens is 2. The van der Waals surface area contributed by atoms with Gasteiger partial charge in [0.25, 0.3) is 5.56 Å². The molecule has 2 heterocycles. The lowest BCUT2D eigenvalue weighted by Gasteiger charge is -2.15. The van der Waals surface area contributed by atoms with Gasteiger partial charge in [-0.05, 0) is 36.8 Å². The van der Waals surface area contributed by atoms with Crippen molar-refractivity contribution in [2.24, 2.45) is 0 Å². The SMILES string of the molecule is C[C@@H](Nc1cc(=O)n2ccccc2n1)c1ccc(F)cc1. The van der Waals surface area contributed by atoms with Crippen molar-refractivity contribution in [1.82, 2.24) is 9.38 Å². The molecular formula is C16H14FN3O. The number of fused-ring (bicyclic) bond motifs is 1. The Bertz CT molecular complexity index is 827. The molecule has 5 heteroatoms. The van der Waals surface area contributed by atoms with Gasteiger partial charge in [-0.1, -0.05) is 18.2 Å². The van der Waals surface area contributed by atoms with E-state index in [4.69, 9.17) is 0 Å². The van der Waals surface area contributed by atoms with Gasteiger partial charge in [-0.25, -0.2) is 9.37 Å². The van der Waals surface area contributed by atoms with Crippen LogP contribution in [0.1, 0.15) is 18.5 Å². The molecule has 106 valence electrons. The first-order valence-electron chi connectivity index (χ1n) is 6.64. The number of benzene rings is 1. The van der Waals surface area contributed by atoms with E-state index in [9.17, 15) is 9.18 Å². The van der Waals surface area contributed by atoms with Crippen molar-refractivity contribution in [2.45, 2.75) is 13.0 Å². The summed E-state index contributed by atoms with van der Waals surface area (Å²) in [7, 11) is 0. The molecule has 0 aliphatic rings. The lowest BCUT2D eigenvalue weighted by molar-refractivity contribution is 0.626. The van der Waals surface area contributed by atoms with E-state index in [0.29, 0.717) is 11.5 Å². The van der Waals surface area contributed by atoms with E-state index in [2.05, 4.69) is 10.3 Å². The third-order valence-corrected chi connectivity index (χ3v) is 3.31. The Hall–Kier alpha value is -2.69. The predicted octanol–water partition coefficient (Wildman–Crippen LogP) is 3.01. The molecule has 0 saturated heterocycles. The summed E-state index contributed by atoms with van der Waals surface area (Å²) in [5.41, 5.74) is 1.36. The number of rotatable bonds is 3. The Labute approximate surface area is 120 Å². The van der Waals surface area contributed by atoms with E-state index in [1.165, 1.54) is 22.6 Å². The number of anilines is 1. The van der Waals surface area contributed by atoms with Crippen LogP contribution in [-0.4, -0.2) is 9.38 Å². The highest BCUT2D eigenvalue weighted by atomic mass is 19.1. The molecule has 0 aliphatic heterocycles. The summed E-state index contributed by atoms with van der Waals surface area (Å²) in [6.07, 6.45) is 1.68. The summed E-state index contributed by atoms with van der Waals surface area (Å²) in [6, 6.07) is 13.0. The molecule has 3 aromatic rings.